The number of hydrogen-bond donors (Lipinski definition) is 1. The van der Waals surface area contributed by atoms with Gasteiger partial charge in [0, 0.05) is 28.7 Å². The number of pyridine rings is 1. The molecule has 0 aliphatic heterocycles. The van der Waals surface area contributed by atoms with Crippen LogP contribution in [0.25, 0.3) is 10.8 Å². The van der Waals surface area contributed by atoms with Gasteiger partial charge < -0.3 is 0 Å². The maximum Gasteiger partial charge on any atom is 0.264 e. The third kappa shape index (κ3) is 3.69. The van der Waals surface area contributed by atoms with Crippen LogP contribution in [0.15, 0.2) is 65.8 Å². The Balaban J connectivity index is 1.89. The summed E-state index contributed by atoms with van der Waals surface area (Å²) in [5, 5.41) is 1.22. The van der Waals surface area contributed by atoms with Gasteiger partial charge in [0.05, 0.1) is 4.90 Å². The third-order valence-electron chi connectivity index (χ3n) is 3.91. The summed E-state index contributed by atoms with van der Waals surface area (Å²) in [6, 6.07) is 13.5. The van der Waals surface area contributed by atoms with Crippen LogP contribution >= 0.6 is 0 Å². The Morgan fingerprint density at radius 1 is 1.08 bits per heavy atom. The van der Waals surface area contributed by atoms with Crippen molar-refractivity contribution in [1.82, 2.24) is 9.71 Å². The van der Waals surface area contributed by atoms with E-state index in [2.05, 4.69) is 16.6 Å². The molecule has 3 aromatic rings. The number of amides is 1. The van der Waals surface area contributed by atoms with Gasteiger partial charge >= 0.3 is 0 Å². The molecule has 0 saturated heterocycles. The monoisotopic (exact) mass is 354 g/mol. The second-order valence-corrected chi connectivity index (χ2v) is 7.39. The Labute approximate surface area is 146 Å². The Kier molecular flexibility index (Phi) is 4.81. The molecule has 0 unspecified atom stereocenters. The lowest BCUT2D eigenvalue weighted by molar-refractivity contribution is 0.0981. The summed E-state index contributed by atoms with van der Waals surface area (Å²) in [4.78, 5) is 16.4. The lowest BCUT2D eigenvalue weighted by Gasteiger charge is -2.10. The Morgan fingerprint density at radius 2 is 1.84 bits per heavy atom. The fourth-order valence-corrected chi connectivity index (χ4v) is 3.88. The zero-order valence-electron chi connectivity index (χ0n) is 13.8. The van der Waals surface area contributed by atoms with Gasteiger partial charge in [-0.2, -0.15) is 0 Å². The van der Waals surface area contributed by atoms with Crippen LogP contribution in [-0.4, -0.2) is 19.3 Å². The maximum atomic E-state index is 12.6. The molecular formula is C19H18N2O3S. The first-order valence-electron chi connectivity index (χ1n) is 8.00. The SMILES string of the molecule is CCCc1ccc(C(=O)NS(=O)(=O)c2cccc3cnccc23)cc1. The first-order chi connectivity index (χ1) is 12.0. The van der Waals surface area contributed by atoms with Crippen LogP contribution in [0.1, 0.15) is 29.3 Å². The molecule has 1 amide bonds. The number of hydrogen-bond acceptors (Lipinski definition) is 4. The number of nitrogens with one attached hydrogen (secondary N) is 1. The molecule has 0 radical (unpaired) electrons. The van der Waals surface area contributed by atoms with E-state index in [4.69, 9.17) is 0 Å². The van der Waals surface area contributed by atoms with E-state index in [-0.39, 0.29) is 4.90 Å². The minimum Gasteiger partial charge on any atom is -0.268 e. The van der Waals surface area contributed by atoms with Crippen molar-refractivity contribution in [3.63, 3.8) is 0 Å². The number of fused-ring (bicyclic) bond motifs is 1. The van der Waals surface area contributed by atoms with Crippen LogP contribution in [0.4, 0.5) is 0 Å². The molecule has 5 nitrogen and oxygen atoms in total. The van der Waals surface area contributed by atoms with Crippen molar-refractivity contribution in [1.29, 1.82) is 0 Å². The molecule has 6 heteroatoms. The summed E-state index contributed by atoms with van der Waals surface area (Å²) in [6.45, 7) is 2.08. The molecule has 0 saturated carbocycles. The number of sulfonamides is 1. The van der Waals surface area contributed by atoms with E-state index in [9.17, 15) is 13.2 Å². The number of rotatable bonds is 5. The standard InChI is InChI=1S/C19H18N2O3S/c1-2-4-14-7-9-15(10-8-14)19(22)21-25(23,24)18-6-3-5-16-13-20-12-11-17(16)18/h3,5-13H,2,4H2,1H3,(H,21,22). The predicted molar refractivity (Wildman–Crippen MR) is 96.8 cm³/mol. The highest BCUT2D eigenvalue weighted by Crippen LogP contribution is 2.22. The lowest BCUT2D eigenvalue weighted by Crippen LogP contribution is -2.30. The number of aryl methyl sites for hydroxylation is 1. The van der Waals surface area contributed by atoms with Crippen molar-refractivity contribution in [2.24, 2.45) is 0 Å². The minimum absolute atomic E-state index is 0.0587. The number of nitrogens with zero attached hydrogens (tertiary/aromatic N) is 1. The summed E-state index contributed by atoms with van der Waals surface area (Å²) in [5.74, 6) is -0.644. The van der Waals surface area contributed by atoms with Gasteiger partial charge in [-0.1, -0.05) is 37.6 Å². The molecular weight excluding hydrogens is 336 g/mol. The second-order valence-electron chi connectivity index (χ2n) is 5.73. The second kappa shape index (κ2) is 7.03. The Bertz CT molecular complexity index is 1010. The highest BCUT2D eigenvalue weighted by atomic mass is 32.2. The van der Waals surface area contributed by atoms with Crippen molar-refractivity contribution < 1.29 is 13.2 Å². The van der Waals surface area contributed by atoms with Gasteiger partial charge in [-0.25, -0.2) is 13.1 Å². The van der Waals surface area contributed by atoms with Crippen LogP contribution in [0.2, 0.25) is 0 Å². The van der Waals surface area contributed by atoms with Gasteiger partial charge in [-0.05, 0) is 36.2 Å². The third-order valence-corrected chi connectivity index (χ3v) is 5.30. The summed E-state index contributed by atoms with van der Waals surface area (Å²) in [7, 11) is -3.98. The minimum atomic E-state index is -3.98. The van der Waals surface area contributed by atoms with Gasteiger partial charge in [0.15, 0.2) is 0 Å². The van der Waals surface area contributed by atoms with Crippen molar-refractivity contribution >= 4 is 26.7 Å². The fourth-order valence-electron chi connectivity index (χ4n) is 2.67. The molecule has 0 atom stereocenters. The van der Waals surface area contributed by atoms with Crippen LogP contribution in [0.3, 0.4) is 0 Å². The largest absolute Gasteiger partial charge is 0.268 e. The fraction of sp³-hybridized carbons (Fsp3) is 0.158. The van der Waals surface area contributed by atoms with Crippen LogP contribution in [0, 0.1) is 0 Å². The van der Waals surface area contributed by atoms with Crippen molar-refractivity contribution in [2.45, 2.75) is 24.7 Å². The Hall–Kier alpha value is -2.73. The van der Waals surface area contributed by atoms with Gasteiger partial charge in [0.25, 0.3) is 15.9 Å². The summed E-state index contributed by atoms with van der Waals surface area (Å²) in [5.41, 5.74) is 1.42. The van der Waals surface area contributed by atoms with Crippen molar-refractivity contribution in [2.75, 3.05) is 0 Å². The predicted octanol–water partition coefficient (Wildman–Crippen LogP) is 3.31. The Morgan fingerprint density at radius 3 is 2.56 bits per heavy atom. The molecule has 3 rings (SSSR count). The number of carbonyl (C=O) groups is 1. The average molecular weight is 354 g/mol. The quantitative estimate of drug-likeness (QED) is 0.763. The smallest absolute Gasteiger partial charge is 0.264 e. The van der Waals surface area contributed by atoms with E-state index < -0.39 is 15.9 Å². The molecule has 0 aliphatic carbocycles. The first-order valence-corrected chi connectivity index (χ1v) is 9.48. The molecule has 0 bridgehead atoms. The molecule has 25 heavy (non-hydrogen) atoms. The van der Waals surface area contributed by atoms with Crippen LogP contribution in [0.5, 0.6) is 0 Å². The molecule has 1 aromatic heterocycles. The summed E-state index contributed by atoms with van der Waals surface area (Å²) < 4.78 is 27.4. The van der Waals surface area contributed by atoms with Crippen LogP contribution in [-0.2, 0) is 16.4 Å². The number of aromatic nitrogens is 1. The van der Waals surface area contributed by atoms with Crippen LogP contribution < -0.4 is 4.72 Å². The van der Waals surface area contributed by atoms with E-state index in [1.165, 1.54) is 12.3 Å². The highest BCUT2D eigenvalue weighted by Gasteiger charge is 2.21. The molecule has 1 heterocycles. The van der Waals surface area contributed by atoms with Gasteiger partial charge in [-0.15, -0.1) is 0 Å². The summed E-state index contributed by atoms with van der Waals surface area (Å²) >= 11 is 0. The van der Waals surface area contributed by atoms with Crippen molar-refractivity contribution in [3.8, 4) is 0 Å². The van der Waals surface area contributed by atoms with Gasteiger partial charge in [0.2, 0.25) is 0 Å². The summed E-state index contributed by atoms with van der Waals surface area (Å²) in [6.07, 6.45) is 5.04. The van der Waals surface area contributed by atoms with Gasteiger partial charge in [0.1, 0.15) is 0 Å². The molecule has 128 valence electrons. The van der Waals surface area contributed by atoms with E-state index in [0.29, 0.717) is 16.3 Å². The zero-order valence-corrected chi connectivity index (χ0v) is 14.6. The molecule has 0 spiro atoms. The van der Waals surface area contributed by atoms with Crippen molar-refractivity contribution in [3.05, 3.63) is 72.1 Å². The highest BCUT2D eigenvalue weighted by molar-refractivity contribution is 7.90. The number of carbonyl (C=O) groups excluding carboxylic acids is 1. The molecule has 1 N–H and O–H groups in total. The maximum absolute atomic E-state index is 12.6. The van der Waals surface area contributed by atoms with E-state index in [0.717, 1.165) is 18.4 Å². The molecule has 2 aromatic carbocycles. The zero-order chi connectivity index (χ0) is 17.9. The average Bonchev–Trinajstić information content (AvgIpc) is 2.61. The van der Waals surface area contributed by atoms with E-state index in [1.54, 1.807) is 36.5 Å². The lowest BCUT2D eigenvalue weighted by atomic mass is 10.1. The van der Waals surface area contributed by atoms with Gasteiger partial charge in [-0.3, -0.25) is 9.78 Å². The van der Waals surface area contributed by atoms with E-state index >= 15 is 0 Å². The first kappa shape index (κ1) is 17.1. The topological polar surface area (TPSA) is 76.1 Å². The molecule has 0 aliphatic rings. The van der Waals surface area contributed by atoms with E-state index in [1.807, 2.05) is 12.1 Å². The molecule has 0 fully saturated rings. The number of benzene rings is 2. The normalized spacial score (nSPS) is 11.4.